The normalized spacial score (nSPS) is 17.2. The number of aliphatic hydroxyl groups excluding tert-OH is 1. The zero-order chi connectivity index (χ0) is 47.0. The molecule has 334 valence electrons. The molecule has 0 fully saturated rings. The number of hydrogen-bond acceptors (Lipinski definition) is 8. The minimum absolute atomic E-state index is 0.00663. The Morgan fingerprint density at radius 1 is 0.576 bits per heavy atom. The van der Waals surface area contributed by atoms with Crippen LogP contribution in [0.1, 0.15) is 101 Å². The maximum absolute atomic E-state index is 15.1. The summed E-state index contributed by atoms with van der Waals surface area (Å²) in [4.78, 5) is 63.4. The van der Waals surface area contributed by atoms with E-state index < -0.39 is 28.9 Å². The van der Waals surface area contributed by atoms with Crippen molar-refractivity contribution in [1.82, 2.24) is 19.6 Å². The fraction of sp³-hybridized carbons (Fsp3) is 0.278. The number of aliphatic hydroxyl groups is 1. The van der Waals surface area contributed by atoms with Crippen molar-refractivity contribution in [1.29, 1.82) is 0 Å². The number of allylic oxidation sites excluding steroid dienone is 7. The molecule has 10 rings (SSSR count). The summed E-state index contributed by atoms with van der Waals surface area (Å²) in [6.45, 7) is 11.9. The summed E-state index contributed by atoms with van der Waals surface area (Å²) in [6.07, 6.45) is 10.4. The SMILES string of the molecule is CC(C)(C)c1cc(F)c2c(=O)n(-c3cccc4c3CC(=O)CC3=C4C=CC(=O)C3)ncc2c1.CC(C)(C)c1cc(F)c2c(=O)n(-c3cccc4c3CC(O)CC3=C4C=CC(=O)C3)ncc2c1. The van der Waals surface area contributed by atoms with E-state index in [1.54, 1.807) is 42.5 Å². The van der Waals surface area contributed by atoms with Crippen LogP contribution in [-0.2, 0) is 38.1 Å². The third kappa shape index (κ3) is 8.04. The van der Waals surface area contributed by atoms with Crippen LogP contribution in [0.5, 0.6) is 0 Å². The van der Waals surface area contributed by atoms with Crippen molar-refractivity contribution < 1.29 is 28.3 Å². The Morgan fingerprint density at radius 2 is 1.05 bits per heavy atom. The topological polar surface area (TPSA) is 141 Å². The Bertz CT molecular complexity index is 3370. The summed E-state index contributed by atoms with van der Waals surface area (Å²) in [5.41, 5.74) is 7.39. The molecule has 0 spiro atoms. The largest absolute Gasteiger partial charge is 0.392 e. The lowest BCUT2D eigenvalue weighted by Crippen LogP contribution is -2.24. The Kier molecular flexibility index (Phi) is 11.0. The minimum atomic E-state index is -0.695. The van der Waals surface area contributed by atoms with E-state index in [0.717, 1.165) is 50.1 Å². The molecular weight excluding hydrogens is 839 g/mol. The Labute approximate surface area is 379 Å². The van der Waals surface area contributed by atoms with Crippen LogP contribution in [0.2, 0.25) is 0 Å². The summed E-state index contributed by atoms with van der Waals surface area (Å²) in [5.74, 6) is -1.21. The van der Waals surface area contributed by atoms with Crippen LogP contribution in [0.15, 0.2) is 118 Å². The minimum Gasteiger partial charge on any atom is -0.392 e. The van der Waals surface area contributed by atoms with Gasteiger partial charge in [0.05, 0.1) is 40.6 Å². The number of nitrogens with zero attached hydrogens (tertiary/aromatic N) is 4. The monoisotopic (exact) mass is 886 g/mol. The molecule has 10 nitrogen and oxygen atoms in total. The number of aromatic nitrogens is 4. The quantitative estimate of drug-likeness (QED) is 0.182. The molecule has 0 bridgehead atoms. The van der Waals surface area contributed by atoms with Crippen molar-refractivity contribution in [2.75, 3.05) is 0 Å². The van der Waals surface area contributed by atoms with Crippen LogP contribution < -0.4 is 11.1 Å². The molecule has 6 aromatic rings. The highest BCUT2D eigenvalue weighted by Crippen LogP contribution is 2.39. The highest BCUT2D eigenvalue weighted by Gasteiger charge is 2.29. The van der Waals surface area contributed by atoms with Gasteiger partial charge < -0.3 is 5.11 Å². The predicted molar refractivity (Wildman–Crippen MR) is 251 cm³/mol. The number of carbonyl (C=O) groups excluding carboxylic acids is 3. The van der Waals surface area contributed by atoms with E-state index in [-0.39, 0.29) is 64.6 Å². The molecule has 1 N–H and O–H groups in total. The van der Waals surface area contributed by atoms with E-state index in [1.165, 1.54) is 40.0 Å². The molecular formula is C54H48F2N4O6. The predicted octanol–water partition coefficient (Wildman–Crippen LogP) is 9.03. The first-order valence-electron chi connectivity index (χ1n) is 22.0. The first kappa shape index (κ1) is 44.2. The Balaban J connectivity index is 0.000000166. The molecule has 0 aliphatic heterocycles. The van der Waals surface area contributed by atoms with Gasteiger partial charge in [0, 0.05) is 42.9 Å². The number of halogens is 2. The second-order valence-corrected chi connectivity index (χ2v) is 19.6. The number of rotatable bonds is 2. The standard InChI is InChI=1S/C27H25FN2O3.C27H23FN2O3/c2*1-27(2,3)17-9-16-14-29-30(26(33)25(16)23(28)12-17)24-6-4-5-21-20-8-7-18(31)10-15(20)11-19(32)13-22(21)24/h4-9,12,14,19,32H,10-11,13H2,1-3H3;4-9,12,14H,10-11,13H2,1-3H3. The highest BCUT2D eigenvalue weighted by atomic mass is 19.1. The van der Waals surface area contributed by atoms with Crippen molar-refractivity contribution >= 4 is 50.0 Å². The van der Waals surface area contributed by atoms with Gasteiger partial charge in [-0.25, -0.2) is 8.78 Å². The maximum atomic E-state index is 15.1. The van der Waals surface area contributed by atoms with Gasteiger partial charge in [0.2, 0.25) is 0 Å². The van der Waals surface area contributed by atoms with Crippen molar-refractivity contribution in [2.24, 2.45) is 0 Å². The number of carbonyl (C=O) groups is 3. The second-order valence-electron chi connectivity index (χ2n) is 19.6. The molecule has 0 saturated heterocycles. The van der Waals surface area contributed by atoms with Gasteiger partial charge in [-0.2, -0.15) is 19.6 Å². The van der Waals surface area contributed by atoms with Crippen LogP contribution in [0, 0.1) is 11.6 Å². The van der Waals surface area contributed by atoms with Crippen molar-refractivity contribution in [2.45, 2.75) is 97.0 Å². The van der Waals surface area contributed by atoms with Gasteiger partial charge in [0.1, 0.15) is 17.4 Å². The molecule has 0 saturated carbocycles. The molecule has 1 atom stereocenters. The summed E-state index contributed by atoms with van der Waals surface area (Å²) in [7, 11) is 0. The average Bonchev–Trinajstić information content (AvgIpc) is 3.48. The lowest BCUT2D eigenvalue weighted by atomic mass is 9.86. The zero-order valence-corrected chi connectivity index (χ0v) is 37.6. The smallest absolute Gasteiger partial charge is 0.282 e. The van der Waals surface area contributed by atoms with Crippen LogP contribution in [0.3, 0.4) is 0 Å². The molecule has 2 heterocycles. The second kappa shape index (κ2) is 16.4. The van der Waals surface area contributed by atoms with Gasteiger partial charge in [0.15, 0.2) is 11.6 Å². The molecule has 0 radical (unpaired) electrons. The van der Waals surface area contributed by atoms with E-state index >= 15 is 8.78 Å². The number of Topliss-reactive ketones (excluding diaryl/α,β-unsaturated/α-hetero) is 1. The third-order valence-electron chi connectivity index (χ3n) is 12.9. The summed E-state index contributed by atoms with van der Waals surface area (Å²) in [6, 6.07) is 17.3. The number of benzene rings is 4. The number of ketones is 3. The summed E-state index contributed by atoms with van der Waals surface area (Å²) < 4.78 is 32.6. The van der Waals surface area contributed by atoms with Gasteiger partial charge in [-0.3, -0.25) is 24.0 Å². The first-order chi connectivity index (χ1) is 31.3. The summed E-state index contributed by atoms with van der Waals surface area (Å²) >= 11 is 0. The molecule has 2 aromatic heterocycles. The van der Waals surface area contributed by atoms with Crippen molar-refractivity contribution in [3.05, 3.63) is 174 Å². The van der Waals surface area contributed by atoms with Gasteiger partial charge in [-0.05, 0) is 116 Å². The number of fused-ring (bicyclic) bond motifs is 6. The van der Waals surface area contributed by atoms with Gasteiger partial charge in [0.25, 0.3) is 11.1 Å². The van der Waals surface area contributed by atoms with Gasteiger partial charge in [-0.1, -0.05) is 83.5 Å². The maximum Gasteiger partial charge on any atom is 0.282 e. The van der Waals surface area contributed by atoms with Crippen molar-refractivity contribution in [3.8, 4) is 11.4 Å². The van der Waals surface area contributed by atoms with Gasteiger partial charge in [-0.15, -0.1) is 0 Å². The fourth-order valence-corrected chi connectivity index (χ4v) is 9.44. The molecule has 1 unspecified atom stereocenters. The Hall–Kier alpha value is -7.05. The lowest BCUT2D eigenvalue weighted by Gasteiger charge is -2.20. The third-order valence-corrected chi connectivity index (χ3v) is 12.9. The zero-order valence-electron chi connectivity index (χ0n) is 37.6. The van der Waals surface area contributed by atoms with E-state index in [9.17, 15) is 29.1 Å². The van der Waals surface area contributed by atoms with Crippen LogP contribution >= 0.6 is 0 Å². The van der Waals surface area contributed by atoms with E-state index in [0.29, 0.717) is 40.6 Å². The summed E-state index contributed by atoms with van der Waals surface area (Å²) in [5, 5.41) is 20.3. The lowest BCUT2D eigenvalue weighted by molar-refractivity contribution is -0.118. The first-order valence-corrected chi connectivity index (χ1v) is 22.0. The molecule has 66 heavy (non-hydrogen) atoms. The Morgan fingerprint density at radius 3 is 1.56 bits per heavy atom. The van der Waals surface area contributed by atoms with Crippen molar-refractivity contribution in [3.63, 3.8) is 0 Å². The van der Waals surface area contributed by atoms with Crippen LogP contribution in [0.25, 0.3) is 44.1 Å². The molecule has 12 heteroatoms. The van der Waals surface area contributed by atoms with E-state index in [1.807, 2.05) is 65.8 Å². The van der Waals surface area contributed by atoms with E-state index in [4.69, 9.17) is 0 Å². The molecule has 4 aliphatic rings. The molecule has 0 amide bonds. The van der Waals surface area contributed by atoms with E-state index in [2.05, 4.69) is 10.2 Å². The highest BCUT2D eigenvalue weighted by molar-refractivity contribution is 6.04. The molecule has 4 aliphatic carbocycles. The number of hydrogen-bond donors (Lipinski definition) is 1. The van der Waals surface area contributed by atoms with Crippen LogP contribution in [0.4, 0.5) is 8.78 Å². The average molecular weight is 887 g/mol. The van der Waals surface area contributed by atoms with Gasteiger partial charge >= 0.3 is 0 Å². The fourth-order valence-electron chi connectivity index (χ4n) is 9.44. The molecule has 4 aromatic carbocycles. The van der Waals surface area contributed by atoms with Crippen LogP contribution in [-0.4, -0.2) is 48.1 Å².